The maximum Gasteiger partial charge on any atom is 0.335 e. The van der Waals surface area contributed by atoms with Crippen molar-refractivity contribution in [3.63, 3.8) is 0 Å². The Labute approximate surface area is 124 Å². The van der Waals surface area contributed by atoms with Crippen molar-refractivity contribution in [2.45, 2.75) is 20.0 Å². The largest absolute Gasteiger partial charge is 0.335 e. The summed E-state index contributed by atoms with van der Waals surface area (Å²) in [6, 6.07) is 9.35. The molecular formula is C15H20NO4P. The first-order valence-corrected chi connectivity index (χ1v) is 8.69. The van der Waals surface area contributed by atoms with Crippen LogP contribution in [-0.2, 0) is 26.8 Å². The van der Waals surface area contributed by atoms with E-state index in [1.165, 1.54) is 0 Å². The van der Waals surface area contributed by atoms with Gasteiger partial charge in [-0.2, -0.15) is 0 Å². The quantitative estimate of drug-likeness (QED) is 0.768. The molecule has 5 nitrogen and oxygen atoms in total. The normalized spacial score (nSPS) is 12.0. The average molecular weight is 309 g/mol. The molecular weight excluding hydrogens is 289 g/mol. The zero-order chi connectivity index (χ0) is 15.5. The second-order valence-electron chi connectivity index (χ2n) is 4.70. The first-order chi connectivity index (χ1) is 10.0. The number of pyridine rings is 1. The lowest BCUT2D eigenvalue weighted by Crippen LogP contribution is -2.21. The van der Waals surface area contributed by atoms with E-state index in [2.05, 4.69) is 0 Å². The summed E-state index contributed by atoms with van der Waals surface area (Å²) in [5.41, 5.74) is 1.11. The highest BCUT2D eigenvalue weighted by Crippen LogP contribution is 2.50. The van der Waals surface area contributed by atoms with Gasteiger partial charge < -0.3 is 13.6 Å². The summed E-state index contributed by atoms with van der Waals surface area (Å²) >= 11 is 0. The van der Waals surface area contributed by atoms with Crippen molar-refractivity contribution in [1.82, 2.24) is 4.57 Å². The fourth-order valence-corrected chi connectivity index (χ4v) is 4.02. The molecule has 21 heavy (non-hydrogen) atoms. The molecule has 1 heterocycles. The molecule has 1 aromatic carbocycles. The Morgan fingerprint density at radius 3 is 2.38 bits per heavy atom. The molecule has 0 radical (unpaired) electrons. The highest BCUT2D eigenvalue weighted by molar-refractivity contribution is 7.53. The summed E-state index contributed by atoms with van der Waals surface area (Å²) in [4.78, 5) is 12.4. The lowest BCUT2D eigenvalue weighted by molar-refractivity contribution is 0.219. The minimum atomic E-state index is -3.28. The van der Waals surface area contributed by atoms with Crippen LogP contribution in [0.2, 0.25) is 0 Å². The molecule has 0 aliphatic heterocycles. The van der Waals surface area contributed by atoms with Gasteiger partial charge >= 0.3 is 7.60 Å². The predicted molar refractivity (Wildman–Crippen MR) is 83.8 cm³/mol. The topological polar surface area (TPSA) is 57.5 Å². The first-order valence-electron chi connectivity index (χ1n) is 6.96. The monoisotopic (exact) mass is 309 g/mol. The molecule has 2 aromatic rings. The zero-order valence-electron chi connectivity index (χ0n) is 12.5. The molecule has 0 unspecified atom stereocenters. The van der Waals surface area contributed by atoms with Crippen LogP contribution in [0.5, 0.6) is 0 Å². The number of nitrogens with zero attached hydrogens (tertiary/aromatic N) is 1. The minimum absolute atomic E-state index is 0.00775. The van der Waals surface area contributed by atoms with E-state index in [1.807, 2.05) is 24.3 Å². The van der Waals surface area contributed by atoms with Gasteiger partial charge in [0.25, 0.3) is 5.56 Å². The van der Waals surface area contributed by atoms with Crippen molar-refractivity contribution in [3.8, 4) is 0 Å². The van der Waals surface area contributed by atoms with Crippen molar-refractivity contribution in [3.05, 3.63) is 46.2 Å². The molecule has 0 saturated carbocycles. The molecule has 0 bridgehead atoms. The SMILES string of the molecule is CCOP(=O)(Cc1cc2ccccc2n(C)c1=O)OCC. The van der Waals surface area contributed by atoms with Gasteiger partial charge in [0.05, 0.1) is 24.9 Å². The van der Waals surface area contributed by atoms with Crippen molar-refractivity contribution in [2.75, 3.05) is 13.2 Å². The molecule has 0 N–H and O–H groups in total. The summed E-state index contributed by atoms with van der Waals surface area (Å²) in [7, 11) is -1.57. The third-order valence-electron chi connectivity index (χ3n) is 3.22. The Kier molecular flexibility index (Phi) is 4.99. The molecule has 0 atom stereocenters. The third kappa shape index (κ3) is 3.43. The van der Waals surface area contributed by atoms with E-state index >= 15 is 0 Å². The molecule has 0 spiro atoms. The summed E-state index contributed by atoms with van der Waals surface area (Å²) < 4.78 is 24.7. The van der Waals surface area contributed by atoms with Gasteiger partial charge in [-0.1, -0.05) is 18.2 Å². The number of aromatic nitrogens is 1. The van der Waals surface area contributed by atoms with Gasteiger partial charge in [0, 0.05) is 12.6 Å². The summed E-state index contributed by atoms with van der Waals surface area (Å²) in [6.45, 7) is 4.07. The average Bonchev–Trinajstić information content (AvgIpc) is 2.45. The third-order valence-corrected chi connectivity index (χ3v) is 5.25. The number of aryl methyl sites for hydroxylation is 1. The Hall–Kier alpha value is -1.42. The number of fused-ring (bicyclic) bond motifs is 1. The Bertz CT molecular complexity index is 728. The highest BCUT2D eigenvalue weighted by atomic mass is 31.2. The van der Waals surface area contributed by atoms with E-state index in [0.717, 1.165) is 10.9 Å². The van der Waals surface area contributed by atoms with E-state index in [-0.39, 0.29) is 24.9 Å². The Morgan fingerprint density at radius 2 is 1.76 bits per heavy atom. The van der Waals surface area contributed by atoms with Gasteiger partial charge in [0.1, 0.15) is 0 Å². The second-order valence-corrected chi connectivity index (χ2v) is 6.75. The summed E-state index contributed by atoms with van der Waals surface area (Å²) in [5.74, 6) is 0. The van der Waals surface area contributed by atoms with Crippen molar-refractivity contribution in [1.29, 1.82) is 0 Å². The number of rotatable bonds is 6. The van der Waals surface area contributed by atoms with Crippen LogP contribution in [0.25, 0.3) is 10.9 Å². The van der Waals surface area contributed by atoms with Gasteiger partial charge in [0.15, 0.2) is 0 Å². The van der Waals surface area contributed by atoms with Crippen molar-refractivity contribution >= 4 is 18.5 Å². The molecule has 1 aromatic heterocycles. The van der Waals surface area contributed by atoms with E-state index in [4.69, 9.17) is 9.05 Å². The predicted octanol–water partition coefficient (Wildman–Crippen LogP) is 3.30. The van der Waals surface area contributed by atoms with Gasteiger partial charge in [0.2, 0.25) is 0 Å². The summed E-state index contributed by atoms with van der Waals surface area (Å²) in [5, 5.41) is 0.925. The fourth-order valence-electron chi connectivity index (χ4n) is 2.33. The van der Waals surface area contributed by atoms with E-state index in [1.54, 1.807) is 31.5 Å². The molecule has 6 heteroatoms. The van der Waals surface area contributed by atoms with Gasteiger partial charge in [-0.15, -0.1) is 0 Å². The van der Waals surface area contributed by atoms with Crippen molar-refractivity contribution in [2.24, 2.45) is 7.05 Å². The number of hydrogen-bond acceptors (Lipinski definition) is 4. The smallest absolute Gasteiger partial charge is 0.311 e. The maximum atomic E-state index is 12.6. The van der Waals surface area contributed by atoms with Crippen LogP contribution in [0.3, 0.4) is 0 Å². The second kappa shape index (κ2) is 6.56. The van der Waals surface area contributed by atoms with Crippen LogP contribution in [0.4, 0.5) is 0 Å². The molecule has 114 valence electrons. The van der Waals surface area contributed by atoms with Crippen LogP contribution >= 0.6 is 7.60 Å². The fraction of sp³-hybridized carbons (Fsp3) is 0.400. The van der Waals surface area contributed by atoms with E-state index in [0.29, 0.717) is 5.56 Å². The van der Waals surface area contributed by atoms with Crippen LogP contribution in [0.1, 0.15) is 19.4 Å². The maximum absolute atomic E-state index is 12.6. The molecule has 0 saturated heterocycles. The molecule has 0 fully saturated rings. The lowest BCUT2D eigenvalue weighted by Gasteiger charge is -2.17. The molecule has 0 aliphatic rings. The number of hydrogen-bond donors (Lipinski definition) is 0. The first kappa shape index (κ1) is 16.0. The van der Waals surface area contributed by atoms with Crippen LogP contribution in [0, 0.1) is 0 Å². The van der Waals surface area contributed by atoms with Gasteiger partial charge in [-0.25, -0.2) is 0 Å². The van der Waals surface area contributed by atoms with Crippen LogP contribution in [0.15, 0.2) is 35.1 Å². The zero-order valence-corrected chi connectivity index (χ0v) is 13.4. The van der Waals surface area contributed by atoms with Crippen LogP contribution in [-0.4, -0.2) is 17.8 Å². The number of benzene rings is 1. The molecule has 0 amide bonds. The highest BCUT2D eigenvalue weighted by Gasteiger charge is 2.26. The van der Waals surface area contributed by atoms with E-state index < -0.39 is 7.60 Å². The standard InChI is InChI=1S/C15H20NO4P/c1-4-19-21(18,20-5-2)11-13-10-12-8-6-7-9-14(12)16(3)15(13)17/h6-10H,4-5,11H2,1-3H3. The molecule has 0 aliphatic carbocycles. The minimum Gasteiger partial charge on any atom is -0.311 e. The van der Waals surface area contributed by atoms with Crippen molar-refractivity contribution < 1.29 is 13.6 Å². The van der Waals surface area contributed by atoms with Crippen LogP contribution < -0.4 is 5.56 Å². The lowest BCUT2D eigenvalue weighted by atomic mass is 10.1. The van der Waals surface area contributed by atoms with Gasteiger partial charge in [-0.3, -0.25) is 9.36 Å². The van der Waals surface area contributed by atoms with E-state index in [9.17, 15) is 9.36 Å². The number of para-hydroxylation sites is 1. The Balaban J connectivity index is 2.49. The summed E-state index contributed by atoms with van der Waals surface area (Å²) in [6.07, 6.45) is -0.00775. The Morgan fingerprint density at radius 1 is 1.14 bits per heavy atom. The van der Waals surface area contributed by atoms with Gasteiger partial charge in [-0.05, 0) is 31.4 Å². The molecule has 2 rings (SSSR count).